The van der Waals surface area contributed by atoms with E-state index >= 15 is 0 Å². The number of ether oxygens (including phenoxy) is 1. The van der Waals surface area contributed by atoms with E-state index in [2.05, 4.69) is 41.0 Å². The maximum Gasteiger partial charge on any atom is 0.179 e. The Morgan fingerprint density at radius 1 is 1.13 bits per heavy atom. The van der Waals surface area contributed by atoms with Gasteiger partial charge in [0.05, 0.1) is 24.5 Å². The van der Waals surface area contributed by atoms with Gasteiger partial charge in [-0.2, -0.15) is 20.7 Å². The molecule has 0 unspecified atom stereocenters. The van der Waals surface area contributed by atoms with E-state index in [0.29, 0.717) is 28.8 Å². The molecule has 5 rings (SSSR count). The van der Waals surface area contributed by atoms with Crippen LogP contribution >= 0.6 is 0 Å². The number of rotatable bonds is 5. The van der Waals surface area contributed by atoms with E-state index in [9.17, 15) is 5.26 Å². The zero-order chi connectivity index (χ0) is 21.5. The van der Waals surface area contributed by atoms with E-state index in [1.807, 2.05) is 18.5 Å². The van der Waals surface area contributed by atoms with E-state index in [1.165, 1.54) is 12.8 Å². The van der Waals surface area contributed by atoms with Gasteiger partial charge in [-0.1, -0.05) is 0 Å². The van der Waals surface area contributed by atoms with E-state index in [1.54, 1.807) is 15.6 Å². The van der Waals surface area contributed by atoms with Crippen molar-refractivity contribution in [3.8, 4) is 29.1 Å². The Morgan fingerprint density at radius 3 is 2.58 bits per heavy atom. The van der Waals surface area contributed by atoms with Crippen molar-refractivity contribution in [1.82, 2.24) is 24.3 Å². The fourth-order valence-corrected chi connectivity index (χ4v) is 4.55. The van der Waals surface area contributed by atoms with Crippen LogP contribution in [0.15, 0.2) is 24.7 Å². The third-order valence-corrected chi connectivity index (χ3v) is 6.60. The van der Waals surface area contributed by atoms with Gasteiger partial charge in [0.15, 0.2) is 6.19 Å². The number of nitriles is 2. The first-order valence-electron chi connectivity index (χ1n) is 10.9. The van der Waals surface area contributed by atoms with E-state index in [4.69, 9.17) is 10.00 Å². The molecule has 1 saturated heterocycles. The van der Waals surface area contributed by atoms with Crippen molar-refractivity contribution in [1.29, 1.82) is 10.5 Å². The van der Waals surface area contributed by atoms with Gasteiger partial charge in [-0.3, -0.25) is 4.68 Å². The fourth-order valence-electron chi connectivity index (χ4n) is 4.55. The van der Waals surface area contributed by atoms with Crippen LogP contribution in [0.1, 0.15) is 49.9 Å². The Morgan fingerprint density at radius 2 is 1.90 bits per heavy atom. The first kappa shape index (κ1) is 19.4. The second-order valence-corrected chi connectivity index (χ2v) is 8.62. The Labute approximate surface area is 181 Å². The number of pyridine rings is 1. The Kier molecular flexibility index (Phi) is 4.78. The van der Waals surface area contributed by atoms with Crippen LogP contribution in [0.25, 0.3) is 16.6 Å². The highest BCUT2D eigenvalue weighted by Gasteiger charge is 2.30. The SMILES string of the molecule is Cc1c(-c2cc(O[C@H](C)C3CC3)c3c(C#N)cnn3c2)cnn1C1CCN(C#N)CC1. The van der Waals surface area contributed by atoms with Gasteiger partial charge in [0.1, 0.15) is 22.9 Å². The van der Waals surface area contributed by atoms with Crippen molar-refractivity contribution in [3.63, 3.8) is 0 Å². The molecule has 0 bridgehead atoms. The van der Waals surface area contributed by atoms with Crippen LogP contribution in [-0.2, 0) is 0 Å². The Balaban J connectivity index is 1.51. The van der Waals surface area contributed by atoms with Crippen molar-refractivity contribution in [2.75, 3.05) is 13.1 Å². The Hall–Kier alpha value is -3.52. The summed E-state index contributed by atoms with van der Waals surface area (Å²) in [7, 11) is 0. The third-order valence-electron chi connectivity index (χ3n) is 6.60. The molecule has 1 aliphatic heterocycles. The van der Waals surface area contributed by atoms with Crippen molar-refractivity contribution in [3.05, 3.63) is 35.9 Å². The van der Waals surface area contributed by atoms with Gasteiger partial charge >= 0.3 is 0 Å². The zero-order valence-electron chi connectivity index (χ0n) is 17.8. The highest BCUT2D eigenvalue weighted by Crippen LogP contribution is 2.38. The topological polar surface area (TPSA) is 95.2 Å². The highest BCUT2D eigenvalue weighted by molar-refractivity contribution is 5.76. The number of nitrogens with zero attached hydrogens (tertiary/aromatic N) is 7. The minimum atomic E-state index is 0.106. The lowest BCUT2D eigenvalue weighted by molar-refractivity contribution is 0.200. The van der Waals surface area contributed by atoms with Gasteiger partial charge < -0.3 is 9.64 Å². The summed E-state index contributed by atoms with van der Waals surface area (Å²) in [6.07, 6.45) is 12.0. The number of piperidine rings is 1. The minimum Gasteiger partial charge on any atom is -0.488 e. The summed E-state index contributed by atoms with van der Waals surface area (Å²) in [4.78, 5) is 1.80. The largest absolute Gasteiger partial charge is 0.488 e. The van der Waals surface area contributed by atoms with E-state index < -0.39 is 0 Å². The molecular formula is C23H25N7O. The molecular weight excluding hydrogens is 390 g/mol. The second-order valence-electron chi connectivity index (χ2n) is 8.62. The minimum absolute atomic E-state index is 0.106. The van der Waals surface area contributed by atoms with Gasteiger partial charge in [-0.05, 0) is 51.5 Å². The number of aromatic nitrogens is 4. The molecule has 8 heteroatoms. The fraction of sp³-hybridized carbons (Fsp3) is 0.478. The number of fused-ring (bicyclic) bond motifs is 1. The number of likely N-dealkylation sites (tertiary alicyclic amines) is 1. The maximum absolute atomic E-state index is 9.52. The molecule has 0 spiro atoms. The zero-order valence-corrected chi connectivity index (χ0v) is 17.8. The molecule has 0 aromatic carbocycles. The van der Waals surface area contributed by atoms with Crippen LogP contribution in [-0.4, -0.2) is 43.5 Å². The first-order chi connectivity index (χ1) is 15.1. The summed E-state index contributed by atoms with van der Waals surface area (Å²) in [5.41, 5.74) is 4.32. The standard InChI is InChI=1S/C23H25N7O/c1-15-21(12-27-30(15)20-5-7-28(14-25)8-6-20)18-9-22(31-16(2)17-3-4-17)23-19(10-24)11-26-29(23)13-18/h9,11-13,16-17,20H,3-8H2,1-2H3/t16-/m1/s1. The quantitative estimate of drug-likeness (QED) is 0.590. The van der Waals surface area contributed by atoms with Crippen LogP contribution in [0.3, 0.4) is 0 Å². The van der Waals surface area contributed by atoms with Crippen molar-refractivity contribution in [2.24, 2.45) is 5.92 Å². The number of hydrogen-bond donors (Lipinski definition) is 0. The van der Waals surface area contributed by atoms with Crippen LogP contribution in [0, 0.1) is 35.6 Å². The van der Waals surface area contributed by atoms with Crippen LogP contribution < -0.4 is 4.74 Å². The molecule has 0 radical (unpaired) electrons. The summed E-state index contributed by atoms with van der Waals surface area (Å²) in [6, 6.07) is 4.54. The van der Waals surface area contributed by atoms with E-state index in [0.717, 1.165) is 42.8 Å². The lowest BCUT2D eigenvalue weighted by Gasteiger charge is -2.29. The molecule has 31 heavy (non-hydrogen) atoms. The van der Waals surface area contributed by atoms with Crippen LogP contribution in [0.5, 0.6) is 5.75 Å². The van der Waals surface area contributed by atoms with Gasteiger partial charge in [0.25, 0.3) is 0 Å². The molecule has 2 aliphatic rings. The smallest absolute Gasteiger partial charge is 0.179 e. The summed E-state index contributed by atoms with van der Waals surface area (Å²) >= 11 is 0. The molecule has 4 heterocycles. The van der Waals surface area contributed by atoms with Crippen LogP contribution in [0.2, 0.25) is 0 Å². The molecule has 1 atom stereocenters. The summed E-state index contributed by atoms with van der Waals surface area (Å²) < 4.78 is 10.2. The average Bonchev–Trinajstić information content (AvgIpc) is 3.45. The van der Waals surface area contributed by atoms with Gasteiger partial charge in [0.2, 0.25) is 0 Å². The summed E-state index contributed by atoms with van der Waals surface area (Å²) in [5.74, 6) is 1.28. The predicted molar refractivity (Wildman–Crippen MR) is 114 cm³/mol. The van der Waals surface area contributed by atoms with Crippen molar-refractivity contribution in [2.45, 2.75) is 51.7 Å². The second kappa shape index (κ2) is 7.63. The molecule has 1 aliphatic carbocycles. The van der Waals surface area contributed by atoms with Gasteiger partial charge in [-0.25, -0.2) is 4.52 Å². The first-order valence-corrected chi connectivity index (χ1v) is 10.9. The number of hydrogen-bond acceptors (Lipinski definition) is 6. The Bertz CT molecular complexity index is 1200. The van der Waals surface area contributed by atoms with E-state index in [-0.39, 0.29) is 6.10 Å². The molecule has 8 nitrogen and oxygen atoms in total. The third kappa shape index (κ3) is 3.48. The summed E-state index contributed by atoms with van der Waals surface area (Å²) in [5, 5.41) is 27.7. The van der Waals surface area contributed by atoms with Crippen molar-refractivity contribution >= 4 is 5.52 Å². The monoisotopic (exact) mass is 415 g/mol. The molecule has 1 saturated carbocycles. The molecule has 3 aromatic heterocycles. The average molecular weight is 416 g/mol. The molecule has 3 aromatic rings. The van der Waals surface area contributed by atoms with Gasteiger partial charge in [0, 0.05) is 36.1 Å². The van der Waals surface area contributed by atoms with Crippen molar-refractivity contribution < 1.29 is 4.74 Å². The normalized spacial score (nSPS) is 18.0. The maximum atomic E-state index is 9.52. The van der Waals surface area contributed by atoms with Gasteiger partial charge in [-0.15, -0.1) is 0 Å². The summed E-state index contributed by atoms with van der Waals surface area (Å²) in [6.45, 7) is 5.71. The highest BCUT2D eigenvalue weighted by atomic mass is 16.5. The molecule has 0 N–H and O–H groups in total. The van der Waals surface area contributed by atoms with Crippen LogP contribution in [0.4, 0.5) is 0 Å². The molecule has 158 valence electrons. The lowest BCUT2D eigenvalue weighted by Crippen LogP contribution is -2.31. The predicted octanol–water partition coefficient (Wildman–Crippen LogP) is 3.67. The molecule has 0 amide bonds. The molecule has 2 fully saturated rings. The lowest BCUT2D eigenvalue weighted by atomic mass is 10.0.